The normalized spacial score (nSPS) is 13.3. The molecule has 2 aromatic carbocycles. The summed E-state index contributed by atoms with van der Waals surface area (Å²) in [4.78, 5) is 24.0. The van der Waals surface area contributed by atoms with E-state index in [2.05, 4.69) is 4.99 Å². The molecule has 0 unspecified atom stereocenters. The predicted octanol–water partition coefficient (Wildman–Crippen LogP) is 1.72. The van der Waals surface area contributed by atoms with Gasteiger partial charge in [0.15, 0.2) is 15.8 Å². The van der Waals surface area contributed by atoms with Crippen LogP contribution in [-0.4, -0.2) is 31.9 Å². The predicted molar refractivity (Wildman–Crippen MR) is 101 cm³/mol. The highest BCUT2D eigenvalue weighted by molar-refractivity contribution is 7.91. The molecule has 5 N–H and O–H groups in total. The number of nitrogens with two attached hydrogens (primary N) is 2. The second-order valence-electron chi connectivity index (χ2n) is 5.64. The van der Waals surface area contributed by atoms with Crippen molar-refractivity contribution in [2.24, 2.45) is 16.5 Å². The van der Waals surface area contributed by atoms with E-state index in [1.54, 1.807) is 25.1 Å². The Morgan fingerprint density at radius 3 is 2.48 bits per heavy atom. The van der Waals surface area contributed by atoms with Crippen molar-refractivity contribution in [1.82, 2.24) is 0 Å². The monoisotopic (exact) mass is 409 g/mol. The zero-order chi connectivity index (χ0) is 20.4. The molecule has 0 aromatic heterocycles. The van der Waals surface area contributed by atoms with E-state index in [0.717, 1.165) is 5.56 Å². The third kappa shape index (κ3) is 4.09. The van der Waals surface area contributed by atoms with E-state index in [1.165, 1.54) is 6.07 Å². The first-order valence-corrected chi connectivity index (χ1v) is 9.52. The Hall–Kier alpha value is -2.91. The van der Waals surface area contributed by atoms with Crippen molar-refractivity contribution in [2.45, 2.75) is 17.6 Å². The lowest BCUT2D eigenvalue weighted by Crippen LogP contribution is -2.24. The molecule has 1 aliphatic heterocycles. The van der Waals surface area contributed by atoms with Crippen molar-refractivity contribution in [3.63, 3.8) is 0 Å². The maximum atomic E-state index is 12.6. The summed E-state index contributed by atoms with van der Waals surface area (Å²) >= 11 is 6.15. The van der Waals surface area contributed by atoms with Gasteiger partial charge in [-0.15, -0.1) is 0 Å². The van der Waals surface area contributed by atoms with Gasteiger partial charge in [-0.2, -0.15) is 4.99 Å². The fourth-order valence-corrected chi connectivity index (χ4v) is 4.76. The number of fused-ring (bicyclic) bond motifs is 3. The number of hydrogen-bond donors (Lipinski definition) is 3. The molecule has 0 saturated heterocycles. The highest BCUT2D eigenvalue weighted by atomic mass is 35.5. The molecule has 10 heteroatoms. The smallest absolute Gasteiger partial charge is 0.290 e. The van der Waals surface area contributed by atoms with Crippen LogP contribution in [0.15, 0.2) is 40.2 Å². The van der Waals surface area contributed by atoms with Crippen molar-refractivity contribution in [3.05, 3.63) is 52.0 Å². The van der Waals surface area contributed by atoms with E-state index >= 15 is 0 Å². The van der Waals surface area contributed by atoms with Crippen LogP contribution in [0.1, 0.15) is 21.5 Å². The molecule has 1 heterocycles. The molecule has 0 saturated carbocycles. The summed E-state index contributed by atoms with van der Waals surface area (Å²) < 4.78 is 25.3. The van der Waals surface area contributed by atoms with E-state index in [4.69, 9.17) is 33.0 Å². The molecular formula is C17H16ClN3O5S. The molecule has 1 aliphatic rings. The molecule has 0 bridgehead atoms. The van der Waals surface area contributed by atoms with E-state index < -0.39 is 15.7 Å². The Balaban J connectivity index is 0.000000817. The van der Waals surface area contributed by atoms with Gasteiger partial charge in [0.25, 0.3) is 12.4 Å². The standard InChI is InChI=1S/C16H14ClN3O3S.CH2O2/c1-8-5-11-9-3-2-4-13(17)12(9)7-24(22,23)14(11)6-10(8)15(21)20-16(18)19;2-1-3/h2-6H,7H2,1H3,(H4,18,19,20,21);1H,(H,2,3). The minimum atomic E-state index is -3.63. The van der Waals surface area contributed by atoms with Crippen molar-refractivity contribution in [2.75, 3.05) is 0 Å². The summed E-state index contributed by atoms with van der Waals surface area (Å²) in [5.41, 5.74) is 13.0. The van der Waals surface area contributed by atoms with Crippen LogP contribution in [0.5, 0.6) is 0 Å². The van der Waals surface area contributed by atoms with Crippen molar-refractivity contribution < 1.29 is 23.1 Å². The van der Waals surface area contributed by atoms with Crippen LogP contribution >= 0.6 is 11.6 Å². The Kier molecular flexibility index (Phi) is 5.87. The SMILES string of the molecule is Cc1cc2c(cc1C(=O)N=C(N)N)S(=O)(=O)Cc1c(Cl)cccc1-2.O=CO. The Labute approximate surface area is 160 Å². The zero-order valence-electron chi connectivity index (χ0n) is 14.1. The third-order valence-corrected chi connectivity index (χ3v) is 5.90. The minimum absolute atomic E-state index is 0.0806. The summed E-state index contributed by atoms with van der Waals surface area (Å²) in [7, 11) is -3.63. The van der Waals surface area contributed by atoms with Gasteiger partial charge in [-0.05, 0) is 41.8 Å². The molecule has 0 spiro atoms. The lowest BCUT2D eigenvalue weighted by Gasteiger charge is -2.22. The largest absolute Gasteiger partial charge is 0.483 e. The fourth-order valence-electron chi connectivity index (χ4n) is 2.79. The summed E-state index contributed by atoms with van der Waals surface area (Å²) in [6.45, 7) is 1.45. The van der Waals surface area contributed by atoms with Gasteiger partial charge in [-0.1, -0.05) is 23.7 Å². The maximum Gasteiger partial charge on any atom is 0.290 e. The molecule has 27 heavy (non-hydrogen) atoms. The van der Waals surface area contributed by atoms with Crippen LogP contribution in [-0.2, 0) is 20.4 Å². The number of guanidine groups is 1. The van der Waals surface area contributed by atoms with Crippen LogP contribution < -0.4 is 11.5 Å². The lowest BCUT2D eigenvalue weighted by molar-refractivity contribution is -0.122. The number of carboxylic acid groups (broad SMARTS) is 1. The summed E-state index contributed by atoms with van der Waals surface area (Å²) in [6.07, 6.45) is 0. The number of benzene rings is 2. The number of amides is 1. The average Bonchev–Trinajstić information content (AvgIpc) is 2.55. The van der Waals surface area contributed by atoms with Crippen LogP contribution in [0.4, 0.5) is 0 Å². The molecule has 1 amide bonds. The molecule has 8 nitrogen and oxygen atoms in total. The molecule has 2 aromatic rings. The van der Waals surface area contributed by atoms with Gasteiger partial charge in [-0.3, -0.25) is 9.59 Å². The van der Waals surface area contributed by atoms with Gasteiger partial charge < -0.3 is 16.6 Å². The van der Waals surface area contributed by atoms with Crippen molar-refractivity contribution in [3.8, 4) is 11.1 Å². The van der Waals surface area contributed by atoms with E-state index in [0.29, 0.717) is 21.7 Å². The van der Waals surface area contributed by atoms with Crippen LogP contribution in [0, 0.1) is 6.92 Å². The first-order chi connectivity index (χ1) is 12.6. The van der Waals surface area contributed by atoms with Crippen LogP contribution in [0.2, 0.25) is 5.02 Å². The Bertz CT molecular complexity index is 1060. The molecular weight excluding hydrogens is 394 g/mol. The third-order valence-electron chi connectivity index (χ3n) is 3.87. The van der Waals surface area contributed by atoms with Crippen LogP contribution in [0.3, 0.4) is 0 Å². The first-order valence-electron chi connectivity index (χ1n) is 7.49. The molecule has 0 radical (unpaired) electrons. The second kappa shape index (κ2) is 7.77. The second-order valence-corrected chi connectivity index (χ2v) is 8.00. The fraction of sp³-hybridized carbons (Fsp3) is 0.118. The first kappa shape index (κ1) is 20.4. The molecule has 142 valence electrons. The number of halogens is 1. The van der Waals surface area contributed by atoms with E-state index in [-0.39, 0.29) is 28.6 Å². The number of carbonyl (C=O) groups is 2. The average molecular weight is 410 g/mol. The highest BCUT2D eigenvalue weighted by Gasteiger charge is 2.31. The van der Waals surface area contributed by atoms with Crippen LogP contribution in [0.25, 0.3) is 11.1 Å². The highest BCUT2D eigenvalue weighted by Crippen LogP contribution is 2.41. The maximum absolute atomic E-state index is 12.6. The number of rotatable bonds is 1. The lowest BCUT2D eigenvalue weighted by atomic mass is 9.96. The van der Waals surface area contributed by atoms with E-state index in [9.17, 15) is 13.2 Å². The van der Waals surface area contributed by atoms with E-state index in [1.807, 2.05) is 6.07 Å². The zero-order valence-corrected chi connectivity index (χ0v) is 15.7. The number of nitrogens with zero attached hydrogens (tertiary/aromatic N) is 1. The number of aliphatic imine (C=N–C) groups is 1. The van der Waals surface area contributed by atoms with Gasteiger partial charge in [0.2, 0.25) is 0 Å². The van der Waals surface area contributed by atoms with Gasteiger partial charge in [0.05, 0.1) is 10.6 Å². The quantitative estimate of drug-likeness (QED) is 0.368. The Morgan fingerprint density at radius 1 is 1.26 bits per heavy atom. The summed E-state index contributed by atoms with van der Waals surface area (Å²) in [5.74, 6) is -1.27. The summed E-state index contributed by atoms with van der Waals surface area (Å²) in [5, 5.41) is 7.29. The molecule has 3 rings (SSSR count). The number of hydrogen-bond acceptors (Lipinski definition) is 4. The topological polar surface area (TPSA) is 153 Å². The summed E-state index contributed by atoms with van der Waals surface area (Å²) in [6, 6.07) is 8.21. The molecule has 0 aliphatic carbocycles. The van der Waals surface area contributed by atoms with Gasteiger partial charge >= 0.3 is 0 Å². The molecule has 0 fully saturated rings. The number of carbonyl (C=O) groups excluding carboxylic acids is 1. The van der Waals surface area contributed by atoms with Crippen molar-refractivity contribution >= 4 is 39.8 Å². The Morgan fingerprint density at radius 2 is 1.89 bits per heavy atom. The van der Waals surface area contributed by atoms with Crippen molar-refractivity contribution in [1.29, 1.82) is 0 Å². The van der Waals surface area contributed by atoms with Gasteiger partial charge in [0, 0.05) is 16.1 Å². The number of aryl methyl sites for hydroxylation is 1. The van der Waals surface area contributed by atoms with Gasteiger partial charge in [-0.25, -0.2) is 8.42 Å². The number of sulfone groups is 1. The van der Waals surface area contributed by atoms with Gasteiger partial charge in [0.1, 0.15) is 0 Å². The minimum Gasteiger partial charge on any atom is -0.483 e. The molecule has 0 atom stereocenters.